The summed E-state index contributed by atoms with van der Waals surface area (Å²) in [6, 6.07) is 31.6. The maximum Gasteiger partial charge on any atom is 0.140 e. The van der Waals surface area contributed by atoms with Gasteiger partial charge in [-0.3, -0.25) is 0 Å². The molecule has 5 rings (SSSR count). The summed E-state index contributed by atoms with van der Waals surface area (Å²) in [6.07, 6.45) is 4.17. The number of benzene rings is 3. The summed E-state index contributed by atoms with van der Waals surface area (Å²) in [5, 5.41) is 0. The molecule has 0 unspecified atom stereocenters. The molecule has 0 radical (unpaired) electrons. The topological polar surface area (TPSA) is 30.7 Å². The fourth-order valence-electron chi connectivity index (χ4n) is 3.47. The van der Waals surface area contributed by atoms with Gasteiger partial charge in [-0.2, -0.15) is 0 Å². The van der Waals surface area contributed by atoms with Crippen molar-refractivity contribution in [1.82, 2.24) is 14.5 Å². The van der Waals surface area contributed by atoms with Crippen molar-refractivity contribution in [1.29, 1.82) is 0 Å². The summed E-state index contributed by atoms with van der Waals surface area (Å²) in [6.45, 7) is 0.811. The van der Waals surface area contributed by atoms with E-state index in [2.05, 4.69) is 101 Å². The van der Waals surface area contributed by atoms with E-state index in [1.54, 1.807) is 11.8 Å². The Morgan fingerprint density at radius 2 is 1.33 bits per heavy atom. The molecule has 2 heterocycles. The molecule has 0 aliphatic carbocycles. The lowest BCUT2D eigenvalue weighted by atomic mass is 10.0. The second-order valence-electron chi connectivity index (χ2n) is 7.19. The first kappa shape index (κ1) is 18.6. The van der Waals surface area contributed by atoms with Gasteiger partial charge in [0, 0.05) is 23.8 Å². The van der Waals surface area contributed by atoms with Gasteiger partial charge in [-0.25, -0.2) is 9.97 Å². The van der Waals surface area contributed by atoms with Crippen LogP contribution in [0, 0.1) is 0 Å². The van der Waals surface area contributed by atoms with Crippen molar-refractivity contribution in [3.8, 4) is 22.5 Å². The summed E-state index contributed by atoms with van der Waals surface area (Å²) < 4.78 is 2.17. The smallest absolute Gasteiger partial charge is 0.140 e. The van der Waals surface area contributed by atoms with Crippen LogP contribution in [0.4, 0.5) is 0 Å². The van der Waals surface area contributed by atoms with Gasteiger partial charge in [-0.15, -0.1) is 11.8 Å². The molecule has 4 heteroatoms. The molecule has 0 aromatic heterocycles. The summed E-state index contributed by atoms with van der Waals surface area (Å²) >= 11 is 1.76. The average Bonchev–Trinajstić information content (AvgIpc) is 3.22. The van der Waals surface area contributed by atoms with Gasteiger partial charge in [0.1, 0.15) is 11.5 Å². The molecule has 0 amide bonds. The Balaban J connectivity index is 1.29. The van der Waals surface area contributed by atoms with Gasteiger partial charge in [-0.05, 0) is 34.9 Å². The zero-order chi connectivity index (χ0) is 20.2. The van der Waals surface area contributed by atoms with E-state index in [4.69, 9.17) is 4.98 Å². The average molecular weight is 408 g/mol. The van der Waals surface area contributed by atoms with Crippen molar-refractivity contribution in [2.24, 2.45) is 0 Å². The van der Waals surface area contributed by atoms with Crippen molar-refractivity contribution in [3.63, 3.8) is 0 Å². The molecule has 0 fully saturated rings. The number of hydrogen-bond donors (Lipinski definition) is 0. The molecule has 2 aliphatic heterocycles. The zero-order valence-electron chi connectivity index (χ0n) is 16.5. The van der Waals surface area contributed by atoms with Crippen molar-refractivity contribution in [2.75, 3.05) is 0 Å². The van der Waals surface area contributed by atoms with Crippen molar-refractivity contribution >= 4 is 11.8 Å². The monoisotopic (exact) mass is 407 g/mol. The number of pyridine rings is 1. The Morgan fingerprint density at radius 1 is 0.667 bits per heavy atom. The third-order valence-corrected chi connectivity index (χ3v) is 6.02. The van der Waals surface area contributed by atoms with Gasteiger partial charge in [-0.1, -0.05) is 72.8 Å². The van der Waals surface area contributed by atoms with E-state index < -0.39 is 0 Å². The first-order valence-corrected chi connectivity index (χ1v) is 11.0. The minimum Gasteiger partial charge on any atom is -0.348 e. The zero-order valence-corrected chi connectivity index (χ0v) is 17.3. The van der Waals surface area contributed by atoms with Crippen LogP contribution in [0.3, 0.4) is 0 Å². The maximum atomic E-state index is 4.73. The number of imidazole rings is 1. The molecule has 146 valence electrons. The predicted octanol–water partition coefficient (Wildman–Crippen LogP) is 6.39. The highest BCUT2D eigenvalue weighted by Gasteiger charge is 2.11. The molecule has 2 aliphatic rings. The van der Waals surface area contributed by atoms with Gasteiger partial charge < -0.3 is 4.57 Å². The van der Waals surface area contributed by atoms with E-state index in [1.807, 2.05) is 12.1 Å². The number of thioether (sulfide) groups is 1. The van der Waals surface area contributed by atoms with Crippen LogP contribution in [0.2, 0.25) is 0 Å². The van der Waals surface area contributed by atoms with E-state index in [0.29, 0.717) is 0 Å². The van der Waals surface area contributed by atoms with Gasteiger partial charge in [0.25, 0.3) is 0 Å². The first-order chi connectivity index (χ1) is 14.8. The molecular weight excluding hydrogens is 386 g/mol. The summed E-state index contributed by atoms with van der Waals surface area (Å²) in [5.41, 5.74) is 5.64. The second-order valence-corrected chi connectivity index (χ2v) is 8.24. The van der Waals surface area contributed by atoms with E-state index in [-0.39, 0.29) is 0 Å². The molecule has 3 aromatic rings. The first-order valence-electron chi connectivity index (χ1n) is 9.98. The third-order valence-electron chi connectivity index (χ3n) is 5.01. The number of fused-ring (bicyclic) bond motifs is 1. The Hall–Kier alpha value is -3.37. The SMILES string of the molecule is c1ccc(SCc2nc3ccn(Cc4ccc(-c5ccccc5)cc4)cc-3n2)cc1. The summed E-state index contributed by atoms with van der Waals surface area (Å²) in [7, 11) is 0. The fourth-order valence-corrected chi connectivity index (χ4v) is 4.25. The van der Waals surface area contributed by atoms with Crippen molar-refractivity contribution in [3.05, 3.63) is 115 Å². The van der Waals surface area contributed by atoms with Crippen molar-refractivity contribution < 1.29 is 0 Å². The summed E-state index contributed by atoms with van der Waals surface area (Å²) in [4.78, 5) is 10.6. The molecule has 3 aromatic carbocycles. The molecule has 3 nitrogen and oxygen atoms in total. The standard InChI is InChI=1S/C26H21N3S/c1-3-7-21(8-4-1)22-13-11-20(12-14-22)17-29-16-15-24-25(18-29)28-26(27-24)19-30-23-9-5-2-6-10-23/h1-16,18H,17,19H2. The minimum absolute atomic E-state index is 0.777. The Morgan fingerprint density at radius 3 is 2.10 bits per heavy atom. The Kier molecular flexibility index (Phi) is 5.32. The van der Waals surface area contributed by atoms with Crippen LogP contribution in [0.25, 0.3) is 22.5 Å². The summed E-state index contributed by atoms with van der Waals surface area (Å²) in [5.74, 6) is 1.66. The lowest BCUT2D eigenvalue weighted by Gasteiger charge is -2.09. The highest BCUT2D eigenvalue weighted by Crippen LogP contribution is 2.25. The predicted molar refractivity (Wildman–Crippen MR) is 124 cm³/mol. The molecular formula is C26H21N3S. The molecule has 0 spiro atoms. The number of aromatic nitrogens is 3. The maximum absolute atomic E-state index is 4.73. The lowest BCUT2D eigenvalue weighted by molar-refractivity contribution is 0.789. The molecule has 0 saturated carbocycles. The molecule has 0 saturated heterocycles. The molecule has 0 atom stereocenters. The van der Waals surface area contributed by atoms with Crippen LogP contribution in [0.5, 0.6) is 0 Å². The number of nitrogens with zero attached hydrogens (tertiary/aromatic N) is 3. The number of hydrogen-bond acceptors (Lipinski definition) is 3. The van der Waals surface area contributed by atoms with Gasteiger partial charge in [0.2, 0.25) is 0 Å². The van der Waals surface area contributed by atoms with E-state index in [9.17, 15) is 0 Å². The van der Waals surface area contributed by atoms with Gasteiger partial charge in [0.05, 0.1) is 11.4 Å². The Bertz CT molecular complexity index is 1200. The largest absolute Gasteiger partial charge is 0.348 e. The van der Waals surface area contributed by atoms with Crippen LogP contribution in [-0.2, 0) is 12.3 Å². The van der Waals surface area contributed by atoms with Crippen LogP contribution >= 0.6 is 11.8 Å². The highest BCUT2D eigenvalue weighted by atomic mass is 32.2. The minimum atomic E-state index is 0.777. The van der Waals surface area contributed by atoms with E-state index in [0.717, 1.165) is 29.5 Å². The number of rotatable bonds is 6. The molecule has 0 bridgehead atoms. The molecule has 30 heavy (non-hydrogen) atoms. The third kappa shape index (κ3) is 4.29. The van der Waals surface area contributed by atoms with Gasteiger partial charge >= 0.3 is 0 Å². The lowest BCUT2D eigenvalue weighted by Crippen LogP contribution is -2.00. The normalized spacial score (nSPS) is 11.1. The van der Waals surface area contributed by atoms with E-state index in [1.165, 1.54) is 21.6 Å². The second kappa shape index (κ2) is 8.56. The van der Waals surface area contributed by atoms with E-state index >= 15 is 0 Å². The van der Waals surface area contributed by atoms with Crippen LogP contribution in [0.1, 0.15) is 11.4 Å². The van der Waals surface area contributed by atoms with Crippen LogP contribution in [-0.4, -0.2) is 14.5 Å². The highest BCUT2D eigenvalue weighted by molar-refractivity contribution is 7.98. The Labute approximate surface area is 180 Å². The van der Waals surface area contributed by atoms with Gasteiger partial charge in [0.15, 0.2) is 0 Å². The van der Waals surface area contributed by atoms with Crippen LogP contribution < -0.4 is 0 Å². The fraction of sp³-hybridized carbons (Fsp3) is 0.0769. The van der Waals surface area contributed by atoms with Crippen molar-refractivity contribution in [2.45, 2.75) is 17.2 Å². The molecule has 0 N–H and O–H groups in total. The quantitative estimate of drug-likeness (QED) is 0.306. The van der Waals surface area contributed by atoms with Crippen LogP contribution in [0.15, 0.2) is 108 Å².